The fourth-order valence-corrected chi connectivity index (χ4v) is 2.94. The molecule has 20 heavy (non-hydrogen) atoms. The zero-order valence-corrected chi connectivity index (χ0v) is 12.7. The van der Waals surface area contributed by atoms with Crippen molar-refractivity contribution in [2.75, 3.05) is 6.61 Å². The molecule has 1 aliphatic rings. The van der Waals surface area contributed by atoms with Gasteiger partial charge in [0.1, 0.15) is 10.4 Å². The van der Waals surface area contributed by atoms with E-state index >= 15 is 0 Å². The normalized spacial score (nSPS) is 18.8. The first-order valence-corrected chi connectivity index (χ1v) is 7.80. The molecule has 5 nitrogen and oxygen atoms in total. The number of nitrogens with two attached hydrogens (primary N) is 1. The number of ether oxygens (including phenoxy) is 1. The largest absolute Gasteiger partial charge is 0.376 e. The lowest BCUT2D eigenvalue weighted by molar-refractivity contribution is -0.0222. The second-order valence-corrected chi connectivity index (χ2v) is 6.63. The molecule has 2 aromatic rings. The first-order valence-electron chi connectivity index (χ1n) is 6.54. The number of thiophene rings is 1. The molecule has 2 heterocycles. The summed E-state index contributed by atoms with van der Waals surface area (Å²) in [6.07, 6.45) is 3.78. The molecule has 0 spiro atoms. The molecule has 7 heteroatoms. The summed E-state index contributed by atoms with van der Waals surface area (Å²) in [5.41, 5.74) is 5.47. The summed E-state index contributed by atoms with van der Waals surface area (Å²) in [4.78, 5) is 5.12. The topological polar surface area (TPSA) is 74.2 Å². The molecule has 1 saturated carbocycles. The van der Waals surface area contributed by atoms with Crippen LogP contribution in [0.3, 0.4) is 0 Å². The Hall–Kier alpha value is -0.950. The molecule has 1 atom stereocenters. The van der Waals surface area contributed by atoms with E-state index < -0.39 is 5.54 Å². The molecule has 0 radical (unpaired) electrons. The Bertz CT molecular complexity index is 592. The van der Waals surface area contributed by atoms with E-state index in [9.17, 15) is 0 Å². The highest BCUT2D eigenvalue weighted by Gasteiger charge is 2.31. The van der Waals surface area contributed by atoms with Crippen LogP contribution in [0.4, 0.5) is 0 Å². The lowest BCUT2D eigenvalue weighted by atomic mass is 9.95. The van der Waals surface area contributed by atoms with Crippen molar-refractivity contribution in [2.45, 2.75) is 37.8 Å². The van der Waals surface area contributed by atoms with Gasteiger partial charge in [0.15, 0.2) is 5.82 Å². The summed E-state index contributed by atoms with van der Waals surface area (Å²) in [6.45, 7) is 2.23. The van der Waals surface area contributed by atoms with Crippen molar-refractivity contribution in [3.05, 3.63) is 22.3 Å². The lowest BCUT2D eigenvalue weighted by Crippen LogP contribution is -2.41. The van der Waals surface area contributed by atoms with Gasteiger partial charge in [-0.1, -0.05) is 16.8 Å². The maximum Gasteiger partial charge on any atom is 0.269 e. The van der Waals surface area contributed by atoms with Crippen LogP contribution < -0.4 is 5.73 Å². The average molecular weight is 314 g/mol. The molecule has 0 bridgehead atoms. The zero-order valence-electron chi connectivity index (χ0n) is 11.1. The first-order chi connectivity index (χ1) is 9.56. The molecule has 1 unspecified atom stereocenters. The fourth-order valence-electron chi connectivity index (χ4n) is 1.89. The molecule has 108 valence electrons. The maximum atomic E-state index is 6.23. The number of aromatic nitrogens is 2. The first kappa shape index (κ1) is 14.0. The Labute approximate surface area is 126 Å². The lowest BCUT2D eigenvalue weighted by Gasteiger charge is -2.29. The standard InChI is InChI=1S/C13H16ClN3O2S/c1-13(15,7-18-8-3-2-4-8)12-16-11(19-17-12)10-9(14)5-6-20-10/h5-6,8H,2-4,7,15H2,1H3. The van der Waals surface area contributed by atoms with E-state index in [1.54, 1.807) is 6.07 Å². The van der Waals surface area contributed by atoms with E-state index in [0.717, 1.165) is 17.7 Å². The second kappa shape index (κ2) is 5.44. The van der Waals surface area contributed by atoms with E-state index in [1.807, 2.05) is 12.3 Å². The Kier molecular flexibility index (Phi) is 3.81. The van der Waals surface area contributed by atoms with Gasteiger partial charge in [0.05, 0.1) is 17.7 Å². The minimum absolute atomic E-state index is 0.330. The molecular formula is C13H16ClN3O2S. The van der Waals surface area contributed by atoms with Gasteiger partial charge in [-0.05, 0) is 37.6 Å². The van der Waals surface area contributed by atoms with Crippen LogP contribution in [0.15, 0.2) is 16.0 Å². The number of rotatable bonds is 5. The predicted molar refractivity (Wildman–Crippen MR) is 77.8 cm³/mol. The van der Waals surface area contributed by atoms with Crippen molar-refractivity contribution < 1.29 is 9.26 Å². The van der Waals surface area contributed by atoms with Gasteiger partial charge >= 0.3 is 0 Å². The molecule has 0 aromatic carbocycles. The number of hydrogen-bond acceptors (Lipinski definition) is 6. The summed E-state index contributed by atoms with van der Waals surface area (Å²) >= 11 is 7.51. The second-order valence-electron chi connectivity index (χ2n) is 5.30. The summed E-state index contributed by atoms with van der Waals surface area (Å²) in [5.74, 6) is 0.844. The van der Waals surface area contributed by atoms with E-state index in [4.69, 9.17) is 26.6 Å². The van der Waals surface area contributed by atoms with E-state index in [2.05, 4.69) is 10.1 Å². The molecule has 0 saturated heterocycles. The minimum Gasteiger partial charge on any atom is -0.376 e. The summed E-state index contributed by atoms with van der Waals surface area (Å²) in [6, 6.07) is 1.80. The van der Waals surface area contributed by atoms with Gasteiger partial charge in [0, 0.05) is 0 Å². The monoisotopic (exact) mass is 313 g/mol. The minimum atomic E-state index is -0.763. The van der Waals surface area contributed by atoms with Crippen molar-refractivity contribution in [2.24, 2.45) is 5.73 Å². The highest BCUT2D eigenvalue weighted by atomic mass is 35.5. The highest BCUT2D eigenvalue weighted by molar-refractivity contribution is 7.14. The number of nitrogens with zero attached hydrogens (tertiary/aromatic N) is 2. The number of halogens is 1. The van der Waals surface area contributed by atoms with Gasteiger partial charge in [-0.25, -0.2) is 0 Å². The van der Waals surface area contributed by atoms with Crippen molar-refractivity contribution in [1.29, 1.82) is 0 Å². The highest BCUT2D eigenvalue weighted by Crippen LogP contribution is 2.33. The molecular weight excluding hydrogens is 298 g/mol. The van der Waals surface area contributed by atoms with Crippen LogP contribution in [0.1, 0.15) is 32.0 Å². The van der Waals surface area contributed by atoms with Crippen LogP contribution in [-0.2, 0) is 10.3 Å². The van der Waals surface area contributed by atoms with Crippen molar-refractivity contribution in [3.8, 4) is 10.8 Å². The van der Waals surface area contributed by atoms with Crippen LogP contribution in [0, 0.1) is 0 Å². The third-order valence-corrected chi connectivity index (χ3v) is 4.75. The molecule has 3 rings (SSSR count). The van der Waals surface area contributed by atoms with Crippen molar-refractivity contribution in [1.82, 2.24) is 10.1 Å². The van der Waals surface area contributed by atoms with Crippen LogP contribution in [0.25, 0.3) is 10.8 Å². The maximum absolute atomic E-state index is 6.23. The summed E-state index contributed by atoms with van der Waals surface area (Å²) < 4.78 is 11.0. The van der Waals surface area contributed by atoms with Gasteiger partial charge in [-0.2, -0.15) is 4.98 Å². The fraction of sp³-hybridized carbons (Fsp3) is 0.538. The van der Waals surface area contributed by atoms with Gasteiger partial charge in [-0.3, -0.25) is 0 Å². The van der Waals surface area contributed by atoms with Gasteiger partial charge in [0.2, 0.25) is 0 Å². The van der Waals surface area contributed by atoms with Gasteiger partial charge < -0.3 is 15.0 Å². The number of hydrogen-bond donors (Lipinski definition) is 1. The SMILES string of the molecule is CC(N)(COC1CCC1)c1noc(-c2sccc2Cl)n1. The Morgan fingerprint density at radius 2 is 2.40 bits per heavy atom. The third kappa shape index (κ3) is 2.74. The third-order valence-electron chi connectivity index (χ3n) is 3.42. The quantitative estimate of drug-likeness (QED) is 0.917. The summed E-state index contributed by atoms with van der Waals surface area (Å²) in [7, 11) is 0. The zero-order chi connectivity index (χ0) is 14.2. The average Bonchev–Trinajstić information content (AvgIpc) is 2.94. The van der Waals surface area contributed by atoms with Gasteiger partial charge in [0.25, 0.3) is 5.89 Å². The smallest absolute Gasteiger partial charge is 0.269 e. The van der Waals surface area contributed by atoms with Crippen molar-refractivity contribution >= 4 is 22.9 Å². The molecule has 2 aromatic heterocycles. The van der Waals surface area contributed by atoms with Crippen LogP contribution in [0.2, 0.25) is 5.02 Å². The Balaban J connectivity index is 1.73. The summed E-state index contributed by atoms with van der Waals surface area (Å²) in [5, 5.41) is 6.45. The Morgan fingerprint density at radius 1 is 1.60 bits per heavy atom. The van der Waals surface area contributed by atoms with Crippen LogP contribution in [0.5, 0.6) is 0 Å². The Morgan fingerprint density at radius 3 is 3.00 bits per heavy atom. The molecule has 1 aliphatic carbocycles. The van der Waals surface area contributed by atoms with Gasteiger partial charge in [-0.15, -0.1) is 11.3 Å². The van der Waals surface area contributed by atoms with E-state index in [0.29, 0.717) is 29.4 Å². The predicted octanol–water partition coefficient (Wildman–Crippen LogP) is 3.19. The van der Waals surface area contributed by atoms with Crippen LogP contribution in [-0.4, -0.2) is 22.9 Å². The molecule has 1 fully saturated rings. The molecule has 0 aliphatic heterocycles. The van der Waals surface area contributed by atoms with E-state index in [1.165, 1.54) is 17.8 Å². The van der Waals surface area contributed by atoms with Crippen LogP contribution >= 0.6 is 22.9 Å². The molecule has 0 amide bonds. The van der Waals surface area contributed by atoms with E-state index in [-0.39, 0.29) is 0 Å². The van der Waals surface area contributed by atoms with Crippen molar-refractivity contribution in [3.63, 3.8) is 0 Å². The molecule has 2 N–H and O–H groups in total.